The van der Waals surface area contributed by atoms with Gasteiger partial charge < -0.3 is 23.9 Å². The van der Waals surface area contributed by atoms with Gasteiger partial charge in [0.1, 0.15) is 31.0 Å². The highest BCUT2D eigenvalue weighted by molar-refractivity contribution is 9.10. The molecule has 0 saturated carbocycles. The molecule has 0 bridgehead atoms. The molecule has 0 unspecified atom stereocenters. The van der Waals surface area contributed by atoms with Gasteiger partial charge in [0.15, 0.2) is 0 Å². The summed E-state index contributed by atoms with van der Waals surface area (Å²) >= 11 is 3.19. The van der Waals surface area contributed by atoms with E-state index in [1.807, 2.05) is 0 Å². The van der Waals surface area contributed by atoms with Crippen LogP contribution in [0, 0.1) is 0 Å². The van der Waals surface area contributed by atoms with Crippen molar-refractivity contribution < 1.29 is 37.1 Å². The van der Waals surface area contributed by atoms with Crippen LogP contribution in [0.2, 0.25) is 0 Å². The van der Waals surface area contributed by atoms with Gasteiger partial charge in [-0.25, -0.2) is 0 Å². The van der Waals surface area contributed by atoms with Crippen molar-refractivity contribution in [1.82, 2.24) is 0 Å². The van der Waals surface area contributed by atoms with E-state index in [1.54, 1.807) is 18.2 Å². The molecule has 31 heavy (non-hydrogen) atoms. The highest BCUT2D eigenvalue weighted by Gasteiger charge is 2.41. The topological polar surface area (TPSA) is 76.2 Å². The Kier molecular flexibility index (Phi) is 5.96. The number of alkyl halides is 3. The van der Waals surface area contributed by atoms with E-state index in [4.69, 9.17) is 13.9 Å². The van der Waals surface area contributed by atoms with E-state index < -0.39 is 28.9 Å². The third-order valence-corrected chi connectivity index (χ3v) is 5.67. The van der Waals surface area contributed by atoms with Crippen LogP contribution in [0.3, 0.4) is 0 Å². The van der Waals surface area contributed by atoms with Crippen molar-refractivity contribution in [2.45, 2.75) is 12.7 Å². The number of quaternary nitrogens is 1. The van der Waals surface area contributed by atoms with Crippen LogP contribution in [0.15, 0.2) is 50.1 Å². The van der Waals surface area contributed by atoms with Crippen LogP contribution >= 0.6 is 15.9 Å². The van der Waals surface area contributed by atoms with Gasteiger partial charge in [0.05, 0.1) is 23.1 Å². The minimum absolute atomic E-state index is 0.0260. The van der Waals surface area contributed by atoms with Crippen molar-refractivity contribution in [1.29, 1.82) is 0 Å². The lowest BCUT2D eigenvalue weighted by atomic mass is 10.1. The van der Waals surface area contributed by atoms with E-state index in [-0.39, 0.29) is 28.8 Å². The van der Waals surface area contributed by atoms with Crippen LogP contribution in [0.1, 0.15) is 11.3 Å². The molecule has 0 amide bonds. The molecule has 3 aromatic rings. The molecule has 0 atom stereocenters. The van der Waals surface area contributed by atoms with Crippen LogP contribution in [0.5, 0.6) is 17.2 Å². The van der Waals surface area contributed by atoms with Crippen molar-refractivity contribution in [3.05, 3.63) is 62.4 Å². The number of fused-ring (bicyclic) bond motifs is 1. The molecule has 2 heterocycles. The van der Waals surface area contributed by atoms with Crippen LogP contribution < -0.4 is 20.2 Å². The Balaban J connectivity index is 1.89. The Labute approximate surface area is 182 Å². The first-order valence-electron chi connectivity index (χ1n) is 9.46. The summed E-state index contributed by atoms with van der Waals surface area (Å²) in [5, 5.41) is 12.3. The van der Waals surface area contributed by atoms with Crippen molar-refractivity contribution in [3.63, 3.8) is 0 Å². The van der Waals surface area contributed by atoms with Gasteiger partial charge in [0.2, 0.25) is 11.2 Å². The largest absolute Gasteiger partial charge is 0.872 e. The lowest BCUT2D eigenvalue weighted by molar-refractivity contribution is -0.921. The van der Waals surface area contributed by atoms with Gasteiger partial charge in [-0.3, -0.25) is 4.79 Å². The first-order valence-corrected chi connectivity index (χ1v) is 10.3. The van der Waals surface area contributed by atoms with Gasteiger partial charge in [0.25, 0.3) is 5.76 Å². The Morgan fingerprint density at radius 2 is 1.84 bits per heavy atom. The van der Waals surface area contributed by atoms with E-state index in [9.17, 15) is 23.1 Å². The first-order chi connectivity index (χ1) is 14.8. The maximum atomic E-state index is 13.8. The van der Waals surface area contributed by atoms with Crippen molar-refractivity contribution in [2.24, 2.45) is 0 Å². The standard InChI is InChI=1S/C21H17BrF3NO5/c22-14-3-1-2-4-16(14)30-19-17(28)12-5-6-15(27)13(11-26-7-9-29-10-8-26)18(12)31-20(19)21(23,24)25/h1-6,27H,7-11H2. The molecule has 1 fully saturated rings. The summed E-state index contributed by atoms with van der Waals surface area (Å²) in [5.41, 5.74) is -1.32. The van der Waals surface area contributed by atoms with E-state index in [0.717, 1.165) is 4.90 Å². The van der Waals surface area contributed by atoms with Crippen LogP contribution in [0.25, 0.3) is 11.0 Å². The molecule has 1 saturated heterocycles. The van der Waals surface area contributed by atoms with Gasteiger partial charge in [-0.2, -0.15) is 13.2 Å². The maximum Gasteiger partial charge on any atom is 0.453 e. The summed E-state index contributed by atoms with van der Waals surface area (Å²) in [5.74, 6) is -3.01. The second-order valence-corrected chi connectivity index (χ2v) is 7.93. The second kappa shape index (κ2) is 8.52. The van der Waals surface area contributed by atoms with Crippen LogP contribution in [-0.2, 0) is 17.5 Å². The lowest BCUT2D eigenvalue weighted by Crippen LogP contribution is -3.12. The summed E-state index contributed by atoms with van der Waals surface area (Å²) < 4.78 is 57.7. The molecule has 0 radical (unpaired) electrons. The molecule has 0 aliphatic carbocycles. The second-order valence-electron chi connectivity index (χ2n) is 7.08. The first kappa shape index (κ1) is 21.7. The summed E-state index contributed by atoms with van der Waals surface area (Å²) in [7, 11) is 0. The summed E-state index contributed by atoms with van der Waals surface area (Å²) in [6, 6.07) is 8.54. The summed E-state index contributed by atoms with van der Waals surface area (Å²) in [4.78, 5) is 14.0. The van der Waals surface area contributed by atoms with Gasteiger partial charge >= 0.3 is 6.18 Å². The number of rotatable bonds is 4. The highest BCUT2D eigenvalue weighted by atomic mass is 79.9. The summed E-state index contributed by atoms with van der Waals surface area (Å²) in [6.07, 6.45) is -5.01. The minimum Gasteiger partial charge on any atom is -0.872 e. The molecule has 1 aliphatic rings. The average molecular weight is 500 g/mol. The molecule has 1 N–H and O–H groups in total. The molecular weight excluding hydrogens is 483 g/mol. The quantitative estimate of drug-likeness (QED) is 0.597. The number of halogens is 4. The third kappa shape index (κ3) is 4.41. The average Bonchev–Trinajstić information content (AvgIpc) is 2.73. The van der Waals surface area contributed by atoms with Crippen molar-refractivity contribution in [3.8, 4) is 17.2 Å². The predicted molar refractivity (Wildman–Crippen MR) is 106 cm³/mol. The lowest BCUT2D eigenvalue weighted by Gasteiger charge is -2.26. The fourth-order valence-electron chi connectivity index (χ4n) is 3.45. The van der Waals surface area contributed by atoms with Crippen molar-refractivity contribution in [2.75, 3.05) is 26.3 Å². The molecule has 4 rings (SSSR count). The van der Waals surface area contributed by atoms with Gasteiger partial charge in [-0.05, 0) is 34.1 Å². The van der Waals surface area contributed by atoms with E-state index in [2.05, 4.69) is 15.9 Å². The number of morpholine rings is 1. The van der Waals surface area contributed by atoms with E-state index >= 15 is 0 Å². The smallest absolute Gasteiger partial charge is 0.453 e. The molecular formula is C21H17BrF3NO5. The molecule has 164 valence electrons. The zero-order chi connectivity index (χ0) is 22.2. The van der Waals surface area contributed by atoms with Crippen molar-refractivity contribution >= 4 is 26.9 Å². The van der Waals surface area contributed by atoms with Gasteiger partial charge in [-0.1, -0.05) is 23.9 Å². The van der Waals surface area contributed by atoms with Gasteiger partial charge in [0, 0.05) is 5.56 Å². The fraction of sp³-hybridized carbons (Fsp3) is 0.286. The van der Waals surface area contributed by atoms with Crippen LogP contribution in [-0.4, -0.2) is 26.3 Å². The number of ether oxygens (including phenoxy) is 2. The number of benzene rings is 2. The normalized spacial score (nSPS) is 15.4. The maximum absolute atomic E-state index is 13.8. The Morgan fingerprint density at radius 1 is 1.13 bits per heavy atom. The highest BCUT2D eigenvalue weighted by Crippen LogP contribution is 2.40. The summed E-state index contributed by atoms with van der Waals surface area (Å²) in [6.45, 7) is 2.28. The Hall–Kier alpha value is -2.56. The molecule has 1 aromatic heterocycles. The van der Waals surface area contributed by atoms with Gasteiger partial charge in [-0.15, -0.1) is 0 Å². The molecule has 10 heteroatoms. The van der Waals surface area contributed by atoms with E-state index in [1.165, 1.54) is 18.2 Å². The SMILES string of the molecule is O=c1c(Oc2ccccc2Br)c(C(F)(F)F)oc2c(C[NH+]3CCOCC3)c([O-])ccc12. The van der Waals surface area contributed by atoms with E-state index in [0.29, 0.717) is 30.8 Å². The third-order valence-electron chi connectivity index (χ3n) is 5.01. The zero-order valence-corrected chi connectivity index (χ0v) is 17.6. The minimum atomic E-state index is -5.01. The number of para-hydroxylation sites is 1. The molecule has 1 aliphatic heterocycles. The number of hydrogen-bond donors (Lipinski definition) is 1. The number of hydrogen-bond acceptors (Lipinski definition) is 5. The van der Waals surface area contributed by atoms with Crippen LogP contribution in [0.4, 0.5) is 13.2 Å². The Morgan fingerprint density at radius 3 is 2.52 bits per heavy atom. The molecule has 0 spiro atoms. The molecule has 6 nitrogen and oxygen atoms in total. The Bertz CT molecular complexity index is 1170. The zero-order valence-electron chi connectivity index (χ0n) is 16.1. The fourth-order valence-corrected chi connectivity index (χ4v) is 3.82. The predicted octanol–water partition coefficient (Wildman–Crippen LogP) is 2.86. The monoisotopic (exact) mass is 499 g/mol. The molecule has 2 aromatic carbocycles. The number of nitrogens with one attached hydrogen (secondary N) is 1.